The third kappa shape index (κ3) is 3.79. The zero-order chi connectivity index (χ0) is 13.0. The fraction of sp³-hybridized carbons (Fsp3) is 0.636. The Morgan fingerprint density at radius 3 is 2.59 bits per heavy atom. The summed E-state index contributed by atoms with van der Waals surface area (Å²) in [5.41, 5.74) is 0. The van der Waals surface area contributed by atoms with E-state index in [2.05, 4.69) is 63.6 Å². The number of anilines is 1. The molecule has 1 rings (SSSR count). The van der Waals surface area contributed by atoms with Gasteiger partial charge in [-0.15, -0.1) is 0 Å². The van der Waals surface area contributed by atoms with Gasteiger partial charge in [0.15, 0.2) is 0 Å². The Bertz CT molecular complexity index is 372. The zero-order valence-electron chi connectivity index (χ0n) is 10.6. The maximum absolute atomic E-state index is 5.99. The van der Waals surface area contributed by atoms with Gasteiger partial charge in [-0.2, -0.15) is 0 Å². The van der Waals surface area contributed by atoms with Crippen molar-refractivity contribution in [2.24, 2.45) is 0 Å². The van der Waals surface area contributed by atoms with Gasteiger partial charge < -0.3 is 9.80 Å². The molecule has 0 saturated heterocycles. The van der Waals surface area contributed by atoms with E-state index in [-0.39, 0.29) is 0 Å². The number of halogens is 2. The molecular formula is C11H18BrClN4. The van der Waals surface area contributed by atoms with Gasteiger partial charge in [0.2, 0.25) is 0 Å². The third-order valence-electron chi connectivity index (χ3n) is 2.50. The van der Waals surface area contributed by atoms with Crippen LogP contribution in [0.2, 0.25) is 5.15 Å². The summed E-state index contributed by atoms with van der Waals surface area (Å²) in [5.74, 6) is 0.849. The highest BCUT2D eigenvalue weighted by atomic mass is 79.9. The Morgan fingerprint density at radius 2 is 2.06 bits per heavy atom. The van der Waals surface area contributed by atoms with E-state index < -0.39 is 0 Å². The summed E-state index contributed by atoms with van der Waals surface area (Å²) in [6.07, 6.45) is 1.49. The molecule has 1 heterocycles. The number of likely N-dealkylation sites (N-methyl/N-ethyl adjacent to an activating group) is 2. The minimum absolute atomic E-state index is 0.359. The lowest BCUT2D eigenvalue weighted by molar-refractivity contribution is 0.372. The van der Waals surface area contributed by atoms with Crippen molar-refractivity contribution in [2.75, 3.05) is 32.1 Å². The molecule has 0 bridgehead atoms. The van der Waals surface area contributed by atoms with Gasteiger partial charge in [0, 0.05) is 19.1 Å². The first-order valence-electron chi connectivity index (χ1n) is 5.54. The summed E-state index contributed by atoms with van der Waals surface area (Å²) in [4.78, 5) is 12.6. The number of aromatic nitrogens is 2. The molecule has 0 saturated carbocycles. The van der Waals surface area contributed by atoms with Crippen LogP contribution in [0.4, 0.5) is 5.82 Å². The van der Waals surface area contributed by atoms with Crippen molar-refractivity contribution in [3.63, 3.8) is 0 Å². The standard InChI is InChI=1S/C11H18BrClN4/c1-5-17(8(2)6-16(3)4)11-9(12)10(13)14-7-15-11/h7-8H,5-6H2,1-4H3. The molecule has 0 aliphatic heterocycles. The van der Waals surface area contributed by atoms with E-state index in [1.165, 1.54) is 6.33 Å². The van der Waals surface area contributed by atoms with Crippen LogP contribution in [0.15, 0.2) is 10.8 Å². The summed E-state index contributed by atoms with van der Waals surface area (Å²) < 4.78 is 0.758. The van der Waals surface area contributed by atoms with E-state index in [1.807, 2.05) is 0 Å². The number of hydrogen-bond donors (Lipinski definition) is 0. The topological polar surface area (TPSA) is 32.3 Å². The smallest absolute Gasteiger partial charge is 0.148 e. The maximum Gasteiger partial charge on any atom is 0.148 e. The minimum atomic E-state index is 0.359. The summed E-state index contributed by atoms with van der Waals surface area (Å²) in [5, 5.41) is 0.450. The highest BCUT2D eigenvalue weighted by Crippen LogP contribution is 2.30. The first-order chi connectivity index (χ1) is 7.97. The van der Waals surface area contributed by atoms with Crippen molar-refractivity contribution in [1.29, 1.82) is 0 Å². The molecule has 0 amide bonds. The van der Waals surface area contributed by atoms with E-state index >= 15 is 0 Å². The largest absolute Gasteiger partial charge is 0.352 e. The van der Waals surface area contributed by atoms with Crippen LogP contribution in [0.1, 0.15) is 13.8 Å². The average Bonchev–Trinajstić information content (AvgIpc) is 2.24. The van der Waals surface area contributed by atoms with Crippen molar-refractivity contribution < 1.29 is 0 Å². The quantitative estimate of drug-likeness (QED) is 0.781. The van der Waals surface area contributed by atoms with Crippen molar-refractivity contribution in [3.8, 4) is 0 Å². The Kier molecular flexibility index (Phi) is 5.62. The lowest BCUT2D eigenvalue weighted by Crippen LogP contribution is -2.40. The fourth-order valence-electron chi connectivity index (χ4n) is 1.84. The van der Waals surface area contributed by atoms with Gasteiger partial charge in [0.05, 0.1) is 4.47 Å². The van der Waals surface area contributed by atoms with Gasteiger partial charge >= 0.3 is 0 Å². The molecule has 0 fully saturated rings. The van der Waals surface area contributed by atoms with Crippen LogP contribution in [0, 0.1) is 0 Å². The molecule has 0 N–H and O–H groups in total. The van der Waals surface area contributed by atoms with Gasteiger partial charge in [0.25, 0.3) is 0 Å². The average molecular weight is 322 g/mol. The lowest BCUT2D eigenvalue weighted by atomic mass is 10.2. The highest BCUT2D eigenvalue weighted by molar-refractivity contribution is 9.10. The second-order valence-electron chi connectivity index (χ2n) is 4.20. The molecule has 6 heteroatoms. The number of rotatable bonds is 5. The monoisotopic (exact) mass is 320 g/mol. The molecule has 4 nitrogen and oxygen atoms in total. The second-order valence-corrected chi connectivity index (χ2v) is 5.35. The normalized spacial score (nSPS) is 12.9. The zero-order valence-corrected chi connectivity index (χ0v) is 13.0. The molecule has 1 aromatic rings. The number of hydrogen-bond acceptors (Lipinski definition) is 4. The van der Waals surface area contributed by atoms with Crippen LogP contribution in [0.3, 0.4) is 0 Å². The Labute approximate surface area is 116 Å². The van der Waals surface area contributed by atoms with Crippen molar-refractivity contribution in [1.82, 2.24) is 14.9 Å². The van der Waals surface area contributed by atoms with E-state index in [1.54, 1.807) is 0 Å². The van der Waals surface area contributed by atoms with Crippen LogP contribution in [0.25, 0.3) is 0 Å². The Hall–Kier alpha value is -0.390. The first-order valence-corrected chi connectivity index (χ1v) is 6.71. The molecule has 96 valence electrons. The van der Waals surface area contributed by atoms with Crippen LogP contribution in [0.5, 0.6) is 0 Å². The van der Waals surface area contributed by atoms with E-state index in [0.717, 1.165) is 23.4 Å². The molecule has 17 heavy (non-hydrogen) atoms. The second kappa shape index (κ2) is 6.52. The molecule has 0 aliphatic rings. The molecule has 1 atom stereocenters. The third-order valence-corrected chi connectivity index (χ3v) is 3.75. The summed E-state index contributed by atoms with van der Waals surface area (Å²) in [7, 11) is 4.12. The van der Waals surface area contributed by atoms with Crippen LogP contribution in [-0.2, 0) is 0 Å². The van der Waals surface area contributed by atoms with Crippen LogP contribution >= 0.6 is 27.5 Å². The van der Waals surface area contributed by atoms with Gasteiger partial charge in [-0.3, -0.25) is 0 Å². The molecule has 0 aromatic carbocycles. The molecule has 0 radical (unpaired) electrons. The van der Waals surface area contributed by atoms with Gasteiger partial charge in [-0.05, 0) is 43.9 Å². The first kappa shape index (κ1) is 14.7. The number of nitrogens with zero attached hydrogens (tertiary/aromatic N) is 4. The fourth-order valence-corrected chi connectivity index (χ4v) is 2.40. The summed E-state index contributed by atoms with van der Waals surface area (Å²) >= 11 is 9.43. The summed E-state index contributed by atoms with van der Waals surface area (Å²) in [6.45, 7) is 6.11. The minimum Gasteiger partial charge on any atom is -0.352 e. The molecule has 0 spiro atoms. The van der Waals surface area contributed by atoms with Crippen molar-refractivity contribution in [3.05, 3.63) is 16.0 Å². The van der Waals surface area contributed by atoms with Crippen molar-refractivity contribution in [2.45, 2.75) is 19.9 Å². The summed E-state index contributed by atoms with van der Waals surface area (Å²) in [6, 6.07) is 0.359. The van der Waals surface area contributed by atoms with Crippen LogP contribution in [-0.4, -0.2) is 48.1 Å². The van der Waals surface area contributed by atoms with Gasteiger partial charge in [-0.25, -0.2) is 9.97 Å². The lowest BCUT2D eigenvalue weighted by Gasteiger charge is -2.31. The van der Waals surface area contributed by atoms with E-state index in [4.69, 9.17) is 11.6 Å². The Balaban J connectivity index is 2.97. The maximum atomic E-state index is 5.99. The highest BCUT2D eigenvalue weighted by Gasteiger charge is 2.18. The van der Waals surface area contributed by atoms with Crippen LogP contribution < -0.4 is 4.90 Å². The van der Waals surface area contributed by atoms with Crippen molar-refractivity contribution >= 4 is 33.3 Å². The molecule has 1 unspecified atom stereocenters. The predicted molar refractivity (Wildman–Crippen MR) is 75.8 cm³/mol. The SMILES string of the molecule is CCN(c1ncnc(Cl)c1Br)C(C)CN(C)C. The predicted octanol–water partition coefficient (Wildman–Crippen LogP) is 2.67. The molecular weight excluding hydrogens is 304 g/mol. The van der Waals surface area contributed by atoms with E-state index in [0.29, 0.717) is 11.2 Å². The van der Waals surface area contributed by atoms with E-state index in [9.17, 15) is 0 Å². The Morgan fingerprint density at radius 1 is 1.41 bits per heavy atom. The van der Waals surface area contributed by atoms with Gasteiger partial charge in [0.1, 0.15) is 17.3 Å². The van der Waals surface area contributed by atoms with Gasteiger partial charge in [-0.1, -0.05) is 11.6 Å². The molecule has 1 aromatic heterocycles. The molecule has 0 aliphatic carbocycles.